The van der Waals surface area contributed by atoms with E-state index in [1.807, 2.05) is 37.4 Å². The largest absolute Gasteiger partial charge is 0.324 e. The Balaban J connectivity index is 1.44. The van der Waals surface area contributed by atoms with Crippen LogP contribution in [-0.2, 0) is 6.54 Å². The van der Waals surface area contributed by atoms with Crippen LogP contribution in [-0.4, -0.2) is 53.0 Å². The number of nitrogens with one attached hydrogen (secondary N) is 1. The van der Waals surface area contributed by atoms with E-state index in [-0.39, 0.29) is 0 Å². The molecule has 0 unspecified atom stereocenters. The molecule has 0 radical (unpaired) electrons. The molecule has 0 atom stereocenters. The predicted octanol–water partition coefficient (Wildman–Crippen LogP) is 4.48. The van der Waals surface area contributed by atoms with Crippen molar-refractivity contribution in [3.8, 4) is 17.3 Å². The number of aromatic nitrogens is 2. The summed E-state index contributed by atoms with van der Waals surface area (Å²) in [5.74, 6) is 0.558. The number of piperazine rings is 1. The molecule has 4 rings (SSSR count). The molecule has 32 heavy (non-hydrogen) atoms. The minimum absolute atomic E-state index is 0.453. The molecule has 1 fully saturated rings. The lowest BCUT2D eigenvalue weighted by Crippen LogP contribution is -2.43. The molecule has 1 saturated heterocycles. The Kier molecular flexibility index (Phi) is 6.60. The van der Waals surface area contributed by atoms with E-state index in [1.165, 1.54) is 5.56 Å². The summed E-state index contributed by atoms with van der Waals surface area (Å²) in [6.45, 7) is 11.2. The highest BCUT2D eigenvalue weighted by atomic mass is 15.2. The summed E-state index contributed by atoms with van der Waals surface area (Å²) in [5, 5.41) is 12.3. The van der Waals surface area contributed by atoms with Crippen LogP contribution in [0, 0.1) is 18.3 Å². The number of anilines is 2. The molecule has 162 valence electrons. The van der Waals surface area contributed by atoms with Gasteiger partial charge in [0.15, 0.2) is 0 Å². The highest BCUT2D eigenvalue weighted by Gasteiger charge is 2.14. The van der Waals surface area contributed by atoms with Gasteiger partial charge in [0.2, 0.25) is 5.95 Å². The maximum atomic E-state index is 9.02. The van der Waals surface area contributed by atoms with Gasteiger partial charge < -0.3 is 10.2 Å². The molecule has 1 aliphatic heterocycles. The highest BCUT2D eigenvalue weighted by molar-refractivity contribution is 5.76. The topological polar surface area (TPSA) is 68.1 Å². The molecule has 0 amide bonds. The van der Waals surface area contributed by atoms with Gasteiger partial charge >= 0.3 is 0 Å². The number of likely N-dealkylation sites (N-methyl/N-ethyl adjacent to an activating group) is 1. The van der Waals surface area contributed by atoms with E-state index >= 15 is 0 Å². The van der Waals surface area contributed by atoms with Gasteiger partial charge in [0, 0.05) is 50.2 Å². The lowest BCUT2D eigenvalue weighted by Gasteiger charge is -2.32. The molecule has 0 aliphatic carbocycles. The first kappa shape index (κ1) is 21.7. The van der Waals surface area contributed by atoms with Gasteiger partial charge in [-0.2, -0.15) is 5.26 Å². The van der Waals surface area contributed by atoms with E-state index in [2.05, 4.69) is 64.1 Å². The lowest BCUT2D eigenvalue weighted by molar-refractivity contribution is 0.148. The van der Waals surface area contributed by atoms with Crippen LogP contribution in [0.25, 0.3) is 16.8 Å². The molecule has 1 aromatic heterocycles. The third kappa shape index (κ3) is 5.20. The third-order valence-electron chi connectivity index (χ3n) is 5.83. The molecule has 1 N–H and O–H groups in total. The Hall–Kier alpha value is -3.53. The van der Waals surface area contributed by atoms with E-state index in [0.717, 1.165) is 60.8 Å². The fraction of sp³-hybridized carbons (Fsp3) is 0.269. The molecule has 6 nitrogen and oxygen atoms in total. The summed E-state index contributed by atoms with van der Waals surface area (Å²) in [4.78, 5) is 14.0. The molecule has 0 saturated carbocycles. The summed E-state index contributed by atoms with van der Waals surface area (Å²) in [7, 11) is 2.18. The van der Waals surface area contributed by atoms with Crippen molar-refractivity contribution in [3.63, 3.8) is 0 Å². The molecule has 3 aromatic rings. The average molecular weight is 425 g/mol. The predicted molar refractivity (Wildman–Crippen MR) is 129 cm³/mol. The average Bonchev–Trinajstić information content (AvgIpc) is 2.82. The minimum Gasteiger partial charge on any atom is -0.324 e. The van der Waals surface area contributed by atoms with Gasteiger partial charge in [-0.3, -0.25) is 4.90 Å². The first-order chi connectivity index (χ1) is 15.5. The van der Waals surface area contributed by atoms with Gasteiger partial charge in [-0.05, 0) is 42.8 Å². The normalized spacial score (nSPS) is 14.7. The Morgan fingerprint density at radius 2 is 1.75 bits per heavy atom. The van der Waals surface area contributed by atoms with Crippen molar-refractivity contribution in [1.82, 2.24) is 19.8 Å². The minimum atomic E-state index is 0.453. The van der Waals surface area contributed by atoms with Crippen molar-refractivity contribution in [2.45, 2.75) is 13.5 Å². The van der Waals surface area contributed by atoms with Crippen molar-refractivity contribution in [1.29, 1.82) is 5.26 Å². The number of nitrogens with zero attached hydrogens (tertiary/aromatic N) is 5. The van der Waals surface area contributed by atoms with E-state index < -0.39 is 0 Å². The molecule has 0 bridgehead atoms. The summed E-state index contributed by atoms with van der Waals surface area (Å²) in [6.07, 6.45) is 1.83. The van der Waals surface area contributed by atoms with Crippen molar-refractivity contribution >= 4 is 17.2 Å². The van der Waals surface area contributed by atoms with Gasteiger partial charge in [0.1, 0.15) is 0 Å². The Bertz CT molecular complexity index is 1120. The quantitative estimate of drug-likeness (QED) is 0.589. The van der Waals surface area contributed by atoms with Gasteiger partial charge in [-0.1, -0.05) is 43.0 Å². The van der Waals surface area contributed by atoms with E-state index in [4.69, 9.17) is 10.2 Å². The zero-order valence-electron chi connectivity index (χ0n) is 18.7. The lowest BCUT2D eigenvalue weighted by atomic mass is 10.0. The van der Waals surface area contributed by atoms with Crippen molar-refractivity contribution in [2.75, 3.05) is 38.5 Å². The van der Waals surface area contributed by atoms with Crippen LogP contribution in [0.1, 0.15) is 16.7 Å². The van der Waals surface area contributed by atoms with E-state index in [9.17, 15) is 0 Å². The van der Waals surface area contributed by atoms with Crippen LogP contribution in [0.3, 0.4) is 0 Å². The monoisotopic (exact) mass is 424 g/mol. The van der Waals surface area contributed by atoms with Crippen molar-refractivity contribution in [3.05, 3.63) is 78.0 Å². The zero-order valence-corrected chi connectivity index (χ0v) is 18.7. The SMILES string of the molecule is C=C(C#N)c1ccc(-c2nc(Nc3ccc(CN4CCN(C)CC4)cc3)ncc2C)cc1. The number of aryl methyl sites for hydroxylation is 1. The smallest absolute Gasteiger partial charge is 0.227 e. The van der Waals surface area contributed by atoms with Crippen LogP contribution in [0.15, 0.2) is 61.3 Å². The van der Waals surface area contributed by atoms with Crippen LogP contribution in [0.2, 0.25) is 0 Å². The fourth-order valence-electron chi connectivity index (χ4n) is 3.78. The number of hydrogen-bond acceptors (Lipinski definition) is 6. The Morgan fingerprint density at radius 1 is 1.06 bits per heavy atom. The Morgan fingerprint density at radius 3 is 2.41 bits per heavy atom. The van der Waals surface area contributed by atoms with Gasteiger partial charge in [-0.15, -0.1) is 0 Å². The van der Waals surface area contributed by atoms with Crippen LogP contribution >= 0.6 is 0 Å². The summed E-state index contributed by atoms with van der Waals surface area (Å²) < 4.78 is 0. The van der Waals surface area contributed by atoms with E-state index in [0.29, 0.717) is 11.5 Å². The number of rotatable bonds is 6. The standard InChI is InChI=1S/C26H28N6/c1-19(16-27)22-6-8-23(9-7-22)25-20(2)17-28-26(30-25)29-24-10-4-21(5-11-24)18-32-14-12-31(3)13-15-32/h4-11,17H,1,12-15,18H2,2-3H3,(H,28,29,30). The third-order valence-corrected chi connectivity index (χ3v) is 5.83. The second-order valence-corrected chi connectivity index (χ2v) is 8.29. The number of benzene rings is 2. The summed E-state index contributed by atoms with van der Waals surface area (Å²) in [5.41, 5.74) is 6.37. The maximum Gasteiger partial charge on any atom is 0.227 e. The zero-order chi connectivity index (χ0) is 22.5. The van der Waals surface area contributed by atoms with Gasteiger partial charge in [0.05, 0.1) is 17.3 Å². The maximum absolute atomic E-state index is 9.02. The second-order valence-electron chi connectivity index (χ2n) is 8.29. The molecular formula is C26H28N6. The van der Waals surface area contributed by atoms with Crippen LogP contribution in [0.5, 0.6) is 0 Å². The number of allylic oxidation sites excluding steroid dienone is 1. The molecular weight excluding hydrogens is 396 g/mol. The Labute approximate surface area is 189 Å². The van der Waals surface area contributed by atoms with Crippen LogP contribution < -0.4 is 5.32 Å². The van der Waals surface area contributed by atoms with Crippen LogP contribution in [0.4, 0.5) is 11.6 Å². The summed E-state index contributed by atoms with van der Waals surface area (Å²) >= 11 is 0. The summed E-state index contributed by atoms with van der Waals surface area (Å²) in [6, 6.07) is 18.3. The molecule has 2 heterocycles. The molecule has 6 heteroatoms. The van der Waals surface area contributed by atoms with Crippen molar-refractivity contribution in [2.24, 2.45) is 0 Å². The first-order valence-electron chi connectivity index (χ1n) is 10.8. The number of hydrogen-bond donors (Lipinski definition) is 1. The highest BCUT2D eigenvalue weighted by Crippen LogP contribution is 2.25. The molecule has 1 aliphatic rings. The fourth-order valence-corrected chi connectivity index (χ4v) is 3.78. The molecule has 0 spiro atoms. The molecule has 2 aromatic carbocycles. The van der Waals surface area contributed by atoms with E-state index in [1.54, 1.807) is 0 Å². The first-order valence-corrected chi connectivity index (χ1v) is 10.8. The van der Waals surface area contributed by atoms with Gasteiger partial charge in [0.25, 0.3) is 0 Å². The van der Waals surface area contributed by atoms with Crippen molar-refractivity contribution < 1.29 is 0 Å². The van der Waals surface area contributed by atoms with Gasteiger partial charge in [-0.25, -0.2) is 9.97 Å². The number of nitriles is 1. The second kappa shape index (κ2) is 9.73.